The number of hydrogen-bond donors (Lipinski definition) is 2. The van der Waals surface area contributed by atoms with Crippen molar-refractivity contribution in [3.8, 4) is 0 Å². The molecule has 0 bridgehead atoms. The lowest BCUT2D eigenvalue weighted by molar-refractivity contribution is 0.0636. The summed E-state index contributed by atoms with van der Waals surface area (Å²) in [4.78, 5) is 12.0. The zero-order valence-corrected chi connectivity index (χ0v) is 15.5. The van der Waals surface area contributed by atoms with E-state index in [1.54, 1.807) is 64.1 Å². The van der Waals surface area contributed by atoms with Gasteiger partial charge in [0.2, 0.25) is 0 Å². The molecule has 0 saturated heterocycles. The Morgan fingerprint density at radius 3 is 2.28 bits per heavy atom. The molecular formula is C18H22N2O4S. The highest BCUT2D eigenvalue weighted by molar-refractivity contribution is 7.92. The van der Waals surface area contributed by atoms with Crippen molar-refractivity contribution in [3.05, 3.63) is 54.1 Å². The van der Waals surface area contributed by atoms with Gasteiger partial charge in [0.25, 0.3) is 10.0 Å². The third-order valence-electron chi connectivity index (χ3n) is 3.18. The smallest absolute Gasteiger partial charge is 0.412 e. The number of sulfonamides is 1. The second-order valence-electron chi connectivity index (χ2n) is 6.58. The van der Waals surface area contributed by atoms with Crippen LogP contribution in [0.2, 0.25) is 0 Å². The highest BCUT2D eigenvalue weighted by atomic mass is 32.2. The van der Waals surface area contributed by atoms with Crippen molar-refractivity contribution in [1.29, 1.82) is 0 Å². The topological polar surface area (TPSA) is 84.5 Å². The first-order valence-corrected chi connectivity index (χ1v) is 9.24. The van der Waals surface area contributed by atoms with E-state index >= 15 is 0 Å². The average molecular weight is 362 g/mol. The maximum absolute atomic E-state index is 12.5. The van der Waals surface area contributed by atoms with Gasteiger partial charge in [-0.1, -0.05) is 24.3 Å². The summed E-state index contributed by atoms with van der Waals surface area (Å²) in [6, 6.07) is 13.0. The fourth-order valence-corrected chi connectivity index (χ4v) is 3.18. The quantitative estimate of drug-likeness (QED) is 0.856. The molecule has 134 valence electrons. The Balaban J connectivity index is 2.21. The number of benzene rings is 2. The molecule has 6 nitrogen and oxygen atoms in total. The average Bonchev–Trinajstić information content (AvgIpc) is 2.49. The van der Waals surface area contributed by atoms with Gasteiger partial charge in [-0.15, -0.1) is 0 Å². The van der Waals surface area contributed by atoms with Crippen LogP contribution in [0, 0.1) is 6.92 Å². The van der Waals surface area contributed by atoms with Crippen LogP contribution in [0.1, 0.15) is 26.3 Å². The number of amides is 1. The van der Waals surface area contributed by atoms with Gasteiger partial charge in [0, 0.05) is 5.69 Å². The molecule has 2 aromatic rings. The lowest BCUT2D eigenvalue weighted by Crippen LogP contribution is -2.27. The summed E-state index contributed by atoms with van der Waals surface area (Å²) in [5.41, 5.74) is 0.934. The Labute approximate surface area is 148 Å². The van der Waals surface area contributed by atoms with Crippen molar-refractivity contribution in [1.82, 2.24) is 0 Å². The summed E-state index contributed by atoms with van der Waals surface area (Å²) in [5.74, 6) is 0. The van der Waals surface area contributed by atoms with Crippen molar-refractivity contribution < 1.29 is 17.9 Å². The maximum atomic E-state index is 12.5. The van der Waals surface area contributed by atoms with E-state index in [1.165, 1.54) is 12.1 Å². The molecule has 25 heavy (non-hydrogen) atoms. The molecule has 0 fully saturated rings. The minimum Gasteiger partial charge on any atom is -0.444 e. The Bertz CT molecular complexity index is 856. The first-order valence-electron chi connectivity index (χ1n) is 7.75. The van der Waals surface area contributed by atoms with Crippen molar-refractivity contribution in [3.63, 3.8) is 0 Å². The molecule has 2 aromatic carbocycles. The predicted octanol–water partition coefficient (Wildman–Crippen LogP) is 4.14. The maximum Gasteiger partial charge on any atom is 0.412 e. The number of carbonyl (C=O) groups is 1. The summed E-state index contributed by atoms with van der Waals surface area (Å²) in [5, 5.41) is 2.60. The Hall–Kier alpha value is -2.54. The zero-order chi connectivity index (χ0) is 18.7. The molecule has 0 aliphatic carbocycles. The van der Waals surface area contributed by atoms with E-state index in [0.717, 1.165) is 5.56 Å². The molecule has 2 rings (SSSR count). The van der Waals surface area contributed by atoms with Crippen LogP contribution < -0.4 is 10.0 Å². The Morgan fingerprint density at radius 2 is 1.68 bits per heavy atom. The van der Waals surface area contributed by atoms with Crippen molar-refractivity contribution in [2.24, 2.45) is 0 Å². The molecule has 7 heteroatoms. The van der Waals surface area contributed by atoms with E-state index in [2.05, 4.69) is 10.0 Å². The van der Waals surface area contributed by atoms with E-state index < -0.39 is 21.7 Å². The molecule has 0 radical (unpaired) electrons. The van der Waals surface area contributed by atoms with Crippen molar-refractivity contribution >= 4 is 27.5 Å². The van der Waals surface area contributed by atoms with Gasteiger partial charge in [-0.05, 0) is 57.5 Å². The minimum absolute atomic E-state index is 0.167. The zero-order valence-electron chi connectivity index (χ0n) is 14.7. The second-order valence-corrected chi connectivity index (χ2v) is 8.26. The van der Waals surface area contributed by atoms with Gasteiger partial charge in [-0.25, -0.2) is 13.2 Å². The fraction of sp³-hybridized carbons (Fsp3) is 0.278. The molecular weight excluding hydrogens is 340 g/mol. The summed E-state index contributed by atoms with van der Waals surface area (Å²) < 4.78 is 32.6. The number of nitrogens with one attached hydrogen (secondary N) is 2. The first kappa shape index (κ1) is 18.8. The largest absolute Gasteiger partial charge is 0.444 e. The molecule has 1 amide bonds. The summed E-state index contributed by atoms with van der Waals surface area (Å²) in [7, 11) is -3.70. The van der Waals surface area contributed by atoms with Crippen molar-refractivity contribution in [2.75, 3.05) is 10.0 Å². The number of carbonyl (C=O) groups excluding carboxylic acids is 1. The minimum atomic E-state index is -3.70. The molecule has 0 spiro atoms. The summed E-state index contributed by atoms with van der Waals surface area (Å²) >= 11 is 0. The first-order chi connectivity index (χ1) is 11.6. The number of anilines is 2. The van der Waals surface area contributed by atoms with Crippen LogP contribution >= 0.6 is 0 Å². The molecule has 0 aliphatic rings. The number of rotatable bonds is 4. The van der Waals surface area contributed by atoms with Crippen LogP contribution in [0.4, 0.5) is 16.2 Å². The molecule has 0 aromatic heterocycles. The van der Waals surface area contributed by atoms with E-state index in [-0.39, 0.29) is 4.90 Å². The van der Waals surface area contributed by atoms with Crippen LogP contribution in [0.15, 0.2) is 53.4 Å². The molecule has 0 unspecified atom stereocenters. The van der Waals surface area contributed by atoms with Gasteiger partial charge in [-0.2, -0.15) is 0 Å². The molecule has 0 atom stereocenters. The van der Waals surface area contributed by atoms with Gasteiger partial charge in [0.15, 0.2) is 0 Å². The van der Waals surface area contributed by atoms with Crippen LogP contribution in [0.25, 0.3) is 0 Å². The summed E-state index contributed by atoms with van der Waals surface area (Å²) in [6.45, 7) is 7.07. The van der Waals surface area contributed by atoms with Gasteiger partial charge >= 0.3 is 6.09 Å². The van der Waals surface area contributed by atoms with E-state index in [4.69, 9.17) is 4.74 Å². The predicted molar refractivity (Wildman–Crippen MR) is 98.3 cm³/mol. The normalized spacial score (nSPS) is 11.7. The highest BCUT2D eigenvalue weighted by Gasteiger charge is 2.18. The third-order valence-corrected chi connectivity index (χ3v) is 4.56. The highest BCUT2D eigenvalue weighted by Crippen LogP contribution is 2.24. The summed E-state index contributed by atoms with van der Waals surface area (Å²) in [6.07, 6.45) is -0.604. The molecule has 2 N–H and O–H groups in total. The lowest BCUT2D eigenvalue weighted by atomic mass is 10.2. The van der Waals surface area contributed by atoms with Crippen LogP contribution in [-0.2, 0) is 14.8 Å². The van der Waals surface area contributed by atoms with E-state index in [1.807, 2.05) is 0 Å². The monoisotopic (exact) mass is 362 g/mol. The molecule has 0 heterocycles. The molecule has 0 saturated carbocycles. The van der Waals surface area contributed by atoms with Crippen LogP contribution in [0.5, 0.6) is 0 Å². The van der Waals surface area contributed by atoms with Gasteiger partial charge < -0.3 is 4.74 Å². The van der Waals surface area contributed by atoms with Gasteiger partial charge in [0.05, 0.1) is 10.6 Å². The van der Waals surface area contributed by atoms with Crippen LogP contribution in [0.3, 0.4) is 0 Å². The Morgan fingerprint density at radius 1 is 1.04 bits per heavy atom. The Kier molecular flexibility index (Phi) is 5.37. The van der Waals surface area contributed by atoms with E-state index in [0.29, 0.717) is 11.4 Å². The molecule has 0 aliphatic heterocycles. The lowest BCUT2D eigenvalue weighted by Gasteiger charge is -2.20. The van der Waals surface area contributed by atoms with Crippen molar-refractivity contribution in [2.45, 2.75) is 38.2 Å². The van der Waals surface area contributed by atoms with Gasteiger partial charge in [0.1, 0.15) is 5.60 Å². The number of aryl methyl sites for hydroxylation is 1. The SMILES string of the molecule is Cc1ccc(NC(=O)OC(C)(C)C)cc1NS(=O)(=O)c1ccccc1. The standard InChI is InChI=1S/C18H22N2O4S/c1-13-10-11-14(19-17(21)24-18(2,3)4)12-16(13)20-25(22,23)15-8-6-5-7-9-15/h5-12,20H,1-4H3,(H,19,21). The third kappa shape index (κ3) is 5.49. The van der Waals surface area contributed by atoms with Crippen LogP contribution in [-0.4, -0.2) is 20.1 Å². The number of ether oxygens (including phenoxy) is 1. The number of hydrogen-bond acceptors (Lipinski definition) is 4. The second kappa shape index (κ2) is 7.14. The fourth-order valence-electron chi connectivity index (χ4n) is 2.03. The van der Waals surface area contributed by atoms with Gasteiger partial charge in [-0.3, -0.25) is 10.0 Å². The van der Waals surface area contributed by atoms with E-state index in [9.17, 15) is 13.2 Å².